The van der Waals surface area contributed by atoms with Gasteiger partial charge in [0.1, 0.15) is 0 Å². The summed E-state index contributed by atoms with van der Waals surface area (Å²) in [4.78, 5) is 2.35. The summed E-state index contributed by atoms with van der Waals surface area (Å²) in [6, 6.07) is 4.21. The number of hydrogen-bond acceptors (Lipinski definition) is 2. The molecule has 0 aromatic heterocycles. The predicted molar refractivity (Wildman–Crippen MR) is 66.1 cm³/mol. The average molecular weight is 252 g/mol. The van der Waals surface area contributed by atoms with Gasteiger partial charge < -0.3 is 5.32 Å². The van der Waals surface area contributed by atoms with E-state index in [0.29, 0.717) is 0 Å². The Hall–Kier alpha value is -1.00. The molecule has 0 radical (unpaired) electrons. The van der Waals surface area contributed by atoms with Crippen molar-refractivity contribution in [3.05, 3.63) is 35.4 Å². The van der Waals surface area contributed by atoms with Crippen LogP contribution in [0.1, 0.15) is 12.0 Å². The Labute approximate surface area is 106 Å². The van der Waals surface area contributed by atoms with Crippen molar-refractivity contribution >= 4 is 0 Å². The molecule has 0 spiro atoms. The van der Waals surface area contributed by atoms with Gasteiger partial charge in [-0.3, -0.25) is 4.90 Å². The number of likely N-dealkylation sites (tertiary alicyclic amines) is 1. The molecule has 3 rings (SSSR count). The molecule has 2 unspecified atom stereocenters. The molecular formula is C14H18F2N2. The largest absolute Gasteiger partial charge is 0.316 e. The lowest BCUT2D eigenvalue weighted by Crippen LogP contribution is -2.39. The Morgan fingerprint density at radius 1 is 1.17 bits per heavy atom. The van der Waals surface area contributed by atoms with E-state index in [9.17, 15) is 8.78 Å². The maximum absolute atomic E-state index is 13.1. The molecule has 2 heterocycles. The third-order valence-electron chi connectivity index (χ3n) is 4.18. The SMILES string of the molecule is Fc1ccc(CN2CCC3CNCC3C2)cc1F. The van der Waals surface area contributed by atoms with E-state index in [4.69, 9.17) is 0 Å². The first-order chi connectivity index (χ1) is 8.72. The van der Waals surface area contributed by atoms with E-state index in [1.54, 1.807) is 6.07 Å². The number of nitrogens with one attached hydrogen (secondary N) is 1. The number of nitrogens with zero attached hydrogens (tertiary/aromatic N) is 1. The summed E-state index contributed by atoms with van der Waals surface area (Å²) in [5.74, 6) is 0.0256. The molecule has 1 aromatic rings. The Morgan fingerprint density at radius 3 is 2.83 bits per heavy atom. The van der Waals surface area contributed by atoms with Crippen molar-refractivity contribution in [3.63, 3.8) is 0 Å². The highest BCUT2D eigenvalue weighted by molar-refractivity contribution is 5.17. The van der Waals surface area contributed by atoms with Crippen molar-refractivity contribution in [1.29, 1.82) is 0 Å². The zero-order chi connectivity index (χ0) is 12.5. The average Bonchev–Trinajstić information content (AvgIpc) is 2.81. The van der Waals surface area contributed by atoms with Crippen LogP contribution in [0.4, 0.5) is 8.78 Å². The summed E-state index contributed by atoms with van der Waals surface area (Å²) in [6.45, 7) is 5.08. The van der Waals surface area contributed by atoms with Crippen LogP contribution in [-0.2, 0) is 6.54 Å². The highest BCUT2D eigenvalue weighted by Crippen LogP contribution is 2.27. The smallest absolute Gasteiger partial charge is 0.159 e. The summed E-state index contributed by atoms with van der Waals surface area (Å²) in [5, 5.41) is 3.43. The summed E-state index contributed by atoms with van der Waals surface area (Å²) < 4.78 is 26.0. The van der Waals surface area contributed by atoms with Crippen molar-refractivity contribution < 1.29 is 8.78 Å². The van der Waals surface area contributed by atoms with Gasteiger partial charge in [-0.2, -0.15) is 0 Å². The number of piperidine rings is 1. The number of hydrogen-bond donors (Lipinski definition) is 1. The van der Waals surface area contributed by atoms with Crippen LogP contribution in [0.5, 0.6) is 0 Å². The lowest BCUT2D eigenvalue weighted by atomic mass is 9.88. The van der Waals surface area contributed by atoms with Gasteiger partial charge in [0.2, 0.25) is 0 Å². The fraction of sp³-hybridized carbons (Fsp3) is 0.571. The van der Waals surface area contributed by atoms with Crippen molar-refractivity contribution in [1.82, 2.24) is 10.2 Å². The van der Waals surface area contributed by atoms with E-state index in [0.717, 1.165) is 50.1 Å². The van der Waals surface area contributed by atoms with Gasteiger partial charge in [-0.05, 0) is 55.6 Å². The van der Waals surface area contributed by atoms with Gasteiger partial charge in [-0.25, -0.2) is 8.78 Å². The third kappa shape index (κ3) is 2.40. The first kappa shape index (κ1) is 12.1. The molecule has 1 N–H and O–H groups in total. The Balaban J connectivity index is 1.64. The second-order valence-electron chi connectivity index (χ2n) is 5.45. The molecule has 0 amide bonds. The molecule has 0 saturated carbocycles. The van der Waals surface area contributed by atoms with E-state index in [2.05, 4.69) is 10.2 Å². The van der Waals surface area contributed by atoms with Crippen molar-refractivity contribution in [2.75, 3.05) is 26.2 Å². The molecule has 0 bridgehead atoms. The summed E-state index contributed by atoms with van der Waals surface area (Å²) in [6.07, 6.45) is 1.21. The fourth-order valence-corrected chi connectivity index (χ4v) is 3.15. The Morgan fingerprint density at radius 2 is 2.00 bits per heavy atom. The molecule has 1 aromatic carbocycles. The molecule has 2 aliphatic rings. The first-order valence-corrected chi connectivity index (χ1v) is 6.59. The Kier molecular flexibility index (Phi) is 3.31. The summed E-state index contributed by atoms with van der Waals surface area (Å²) in [7, 11) is 0. The molecule has 0 aliphatic carbocycles. The van der Waals surface area contributed by atoms with Gasteiger partial charge in [0.05, 0.1) is 0 Å². The molecule has 4 heteroatoms. The molecule has 2 atom stereocenters. The maximum Gasteiger partial charge on any atom is 0.159 e. The third-order valence-corrected chi connectivity index (χ3v) is 4.18. The lowest BCUT2D eigenvalue weighted by Gasteiger charge is -2.34. The van der Waals surface area contributed by atoms with Crippen LogP contribution < -0.4 is 5.32 Å². The molecule has 18 heavy (non-hydrogen) atoms. The number of halogens is 2. The van der Waals surface area contributed by atoms with Gasteiger partial charge in [-0.15, -0.1) is 0 Å². The van der Waals surface area contributed by atoms with Crippen molar-refractivity contribution in [2.45, 2.75) is 13.0 Å². The Bertz CT molecular complexity index is 436. The van der Waals surface area contributed by atoms with Crippen LogP contribution >= 0.6 is 0 Å². The maximum atomic E-state index is 13.1. The van der Waals surface area contributed by atoms with Crippen LogP contribution in [0.15, 0.2) is 18.2 Å². The summed E-state index contributed by atoms with van der Waals surface area (Å²) >= 11 is 0. The first-order valence-electron chi connectivity index (χ1n) is 6.59. The van der Waals surface area contributed by atoms with Crippen LogP contribution in [0.3, 0.4) is 0 Å². The topological polar surface area (TPSA) is 15.3 Å². The van der Waals surface area contributed by atoms with E-state index in [-0.39, 0.29) is 0 Å². The minimum atomic E-state index is -0.766. The summed E-state index contributed by atoms with van der Waals surface area (Å²) in [5.41, 5.74) is 0.860. The second kappa shape index (κ2) is 4.94. The van der Waals surface area contributed by atoms with Crippen molar-refractivity contribution in [3.8, 4) is 0 Å². The molecule has 2 saturated heterocycles. The van der Waals surface area contributed by atoms with Crippen LogP contribution in [0.2, 0.25) is 0 Å². The number of benzene rings is 1. The highest BCUT2D eigenvalue weighted by atomic mass is 19.2. The molecule has 98 valence electrons. The monoisotopic (exact) mass is 252 g/mol. The van der Waals surface area contributed by atoms with E-state index < -0.39 is 11.6 Å². The quantitative estimate of drug-likeness (QED) is 0.866. The van der Waals surface area contributed by atoms with Crippen molar-refractivity contribution in [2.24, 2.45) is 11.8 Å². The van der Waals surface area contributed by atoms with Gasteiger partial charge >= 0.3 is 0 Å². The molecular weight excluding hydrogens is 234 g/mol. The zero-order valence-electron chi connectivity index (χ0n) is 10.3. The van der Waals surface area contributed by atoms with Gasteiger partial charge in [0.15, 0.2) is 11.6 Å². The van der Waals surface area contributed by atoms with E-state index in [1.807, 2.05) is 0 Å². The zero-order valence-corrected chi connectivity index (χ0v) is 10.3. The number of fused-ring (bicyclic) bond motifs is 1. The molecule has 2 nitrogen and oxygen atoms in total. The second-order valence-corrected chi connectivity index (χ2v) is 5.45. The molecule has 2 fully saturated rings. The number of rotatable bonds is 2. The highest BCUT2D eigenvalue weighted by Gasteiger charge is 2.32. The molecule has 2 aliphatic heterocycles. The van der Waals surface area contributed by atoms with Gasteiger partial charge in [0.25, 0.3) is 0 Å². The standard InChI is InChI=1S/C14H18F2N2/c15-13-2-1-10(5-14(13)16)8-18-4-3-11-6-17-7-12(11)9-18/h1-2,5,11-12,17H,3-4,6-9H2. The predicted octanol–water partition coefficient (Wildman–Crippen LogP) is 2.01. The minimum Gasteiger partial charge on any atom is -0.316 e. The van der Waals surface area contributed by atoms with E-state index >= 15 is 0 Å². The lowest BCUT2D eigenvalue weighted by molar-refractivity contribution is 0.142. The van der Waals surface area contributed by atoms with Gasteiger partial charge in [-0.1, -0.05) is 6.07 Å². The van der Waals surface area contributed by atoms with Crippen LogP contribution in [0.25, 0.3) is 0 Å². The normalized spacial score (nSPS) is 28.3. The van der Waals surface area contributed by atoms with E-state index in [1.165, 1.54) is 18.6 Å². The fourth-order valence-electron chi connectivity index (χ4n) is 3.15. The van der Waals surface area contributed by atoms with Gasteiger partial charge in [0, 0.05) is 13.1 Å². The van der Waals surface area contributed by atoms with Crippen LogP contribution in [0, 0.1) is 23.5 Å². The van der Waals surface area contributed by atoms with Crippen LogP contribution in [-0.4, -0.2) is 31.1 Å². The minimum absolute atomic E-state index is 0.723.